The van der Waals surface area contributed by atoms with Gasteiger partial charge in [-0.05, 0) is 75.2 Å². The first-order valence-electron chi connectivity index (χ1n) is 11.0. The Balaban J connectivity index is 1.56. The van der Waals surface area contributed by atoms with E-state index in [4.69, 9.17) is 0 Å². The Morgan fingerprint density at radius 1 is 1.03 bits per heavy atom. The van der Waals surface area contributed by atoms with Gasteiger partial charge in [0.05, 0.1) is 11.4 Å². The molecule has 0 aliphatic carbocycles. The maximum atomic E-state index is 13.0. The molecule has 35 heavy (non-hydrogen) atoms. The number of aromatic nitrogens is 3. The van der Waals surface area contributed by atoms with Crippen molar-refractivity contribution in [1.82, 2.24) is 18.9 Å². The zero-order chi connectivity index (χ0) is 25.4. The van der Waals surface area contributed by atoms with Crippen LogP contribution in [-0.4, -0.2) is 34.0 Å². The van der Waals surface area contributed by atoms with Gasteiger partial charge in [-0.25, -0.2) is 22.6 Å². The molecule has 0 saturated carbocycles. The minimum absolute atomic E-state index is 0.0168. The summed E-state index contributed by atoms with van der Waals surface area (Å²) in [6, 6.07) is 16.9. The van der Waals surface area contributed by atoms with Crippen molar-refractivity contribution in [2.75, 3.05) is 5.32 Å². The topological polar surface area (TPSA) is 115 Å². The second-order valence-corrected chi connectivity index (χ2v) is 11.0. The molecule has 10 heteroatoms. The van der Waals surface area contributed by atoms with E-state index in [-0.39, 0.29) is 22.7 Å². The van der Waals surface area contributed by atoms with Gasteiger partial charge in [0.25, 0.3) is 5.91 Å². The molecule has 9 nitrogen and oxygen atoms in total. The molecule has 0 aliphatic heterocycles. The van der Waals surface area contributed by atoms with Gasteiger partial charge in [-0.1, -0.05) is 24.3 Å². The highest BCUT2D eigenvalue weighted by atomic mass is 32.2. The fourth-order valence-electron chi connectivity index (χ4n) is 3.66. The highest BCUT2D eigenvalue weighted by Gasteiger charge is 2.23. The van der Waals surface area contributed by atoms with Crippen molar-refractivity contribution in [1.29, 1.82) is 0 Å². The van der Waals surface area contributed by atoms with E-state index < -0.39 is 21.5 Å². The van der Waals surface area contributed by atoms with Crippen molar-refractivity contribution in [3.8, 4) is 0 Å². The van der Waals surface area contributed by atoms with Crippen LogP contribution in [0.4, 0.5) is 5.69 Å². The van der Waals surface area contributed by atoms with Crippen LogP contribution >= 0.6 is 0 Å². The number of carbonyl (C=O) groups excluding carboxylic acids is 1. The summed E-state index contributed by atoms with van der Waals surface area (Å²) in [5, 5.41) is 7.16. The van der Waals surface area contributed by atoms with Gasteiger partial charge >= 0.3 is 5.69 Å². The second kappa shape index (κ2) is 9.12. The SMILES string of the molecule is Cc1ccc(S(=O)(=O)NC(C)(C)C)cc1C(=O)Nc1cccc(Cn2nc3ccccn3c2=O)c1. The quantitative estimate of drug-likeness (QED) is 0.428. The van der Waals surface area contributed by atoms with Crippen LogP contribution in [0.25, 0.3) is 5.65 Å². The van der Waals surface area contributed by atoms with Gasteiger partial charge in [0.2, 0.25) is 10.0 Å². The minimum Gasteiger partial charge on any atom is -0.322 e. The number of hydrogen-bond acceptors (Lipinski definition) is 5. The van der Waals surface area contributed by atoms with Crippen LogP contribution in [0.15, 0.2) is 76.6 Å². The Morgan fingerprint density at radius 2 is 1.80 bits per heavy atom. The van der Waals surface area contributed by atoms with E-state index in [1.165, 1.54) is 21.2 Å². The number of rotatable bonds is 6. The molecule has 4 rings (SSSR count). The molecule has 1 amide bonds. The Bertz CT molecular complexity index is 1580. The van der Waals surface area contributed by atoms with Crippen molar-refractivity contribution in [2.24, 2.45) is 0 Å². The summed E-state index contributed by atoms with van der Waals surface area (Å²) >= 11 is 0. The molecule has 2 heterocycles. The number of carbonyl (C=O) groups is 1. The maximum absolute atomic E-state index is 13.0. The highest BCUT2D eigenvalue weighted by Crippen LogP contribution is 2.20. The molecule has 0 saturated heterocycles. The zero-order valence-electron chi connectivity index (χ0n) is 19.9. The summed E-state index contributed by atoms with van der Waals surface area (Å²) in [5.41, 5.74) is 1.82. The molecule has 4 aromatic rings. The number of amides is 1. The molecule has 0 aliphatic rings. The molecular weight excluding hydrogens is 466 g/mol. The van der Waals surface area contributed by atoms with Crippen LogP contribution < -0.4 is 15.7 Å². The monoisotopic (exact) mass is 493 g/mol. The van der Waals surface area contributed by atoms with Crippen LogP contribution in [0.1, 0.15) is 42.3 Å². The standard InChI is InChI=1S/C25H27N5O4S/c1-17-11-12-20(35(33,34)28-25(2,3)4)15-21(17)23(31)26-19-9-7-8-18(14-19)16-30-24(32)29-13-6-5-10-22(29)27-30/h5-15,28H,16H2,1-4H3,(H,26,31). The third kappa shape index (κ3) is 5.50. The Kier molecular flexibility index (Phi) is 6.35. The molecule has 2 aromatic carbocycles. The van der Waals surface area contributed by atoms with E-state index in [0.29, 0.717) is 16.9 Å². The Hall–Kier alpha value is -3.76. The summed E-state index contributed by atoms with van der Waals surface area (Å²) in [6.07, 6.45) is 1.66. The normalized spacial score (nSPS) is 12.1. The molecule has 0 fully saturated rings. The number of anilines is 1. The van der Waals surface area contributed by atoms with Gasteiger partial charge in [0, 0.05) is 23.0 Å². The number of nitrogens with one attached hydrogen (secondary N) is 2. The number of fused-ring (bicyclic) bond motifs is 1. The van der Waals surface area contributed by atoms with Crippen molar-refractivity contribution in [3.05, 3.63) is 94.0 Å². The van der Waals surface area contributed by atoms with Gasteiger partial charge < -0.3 is 5.32 Å². The highest BCUT2D eigenvalue weighted by molar-refractivity contribution is 7.89. The lowest BCUT2D eigenvalue weighted by molar-refractivity contribution is 0.102. The van der Waals surface area contributed by atoms with Crippen molar-refractivity contribution >= 4 is 27.3 Å². The average Bonchev–Trinajstić information content (AvgIpc) is 3.08. The summed E-state index contributed by atoms with van der Waals surface area (Å²) in [6.45, 7) is 7.23. The number of benzene rings is 2. The van der Waals surface area contributed by atoms with Crippen molar-refractivity contribution < 1.29 is 13.2 Å². The average molecular weight is 494 g/mol. The third-order valence-corrected chi connectivity index (χ3v) is 6.97. The van der Waals surface area contributed by atoms with Crippen molar-refractivity contribution in [2.45, 2.75) is 44.7 Å². The van der Waals surface area contributed by atoms with Crippen LogP contribution in [0.3, 0.4) is 0 Å². The fraction of sp³-hybridized carbons (Fsp3) is 0.240. The molecule has 182 valence electrons. The van der Waals surface area contributed by atoms with E-state index in [0.717, 1.165) is 5.56 Å². The largest absolute Gasteiger partial charge is 0.350 e. The number of sulfonamides is 1. The Morgan fingerprint density at radius 3 is 2.51 bits per heavy atom. The lowest BCUT2D eigenvalue weighted by atomic mass is 10.1. The van der Waals surface area contributed by atoms with Crippen LogP contribution in [0, 0.1) is 6.92 Å². The summed E-state index contributed by atoms with van der Waals surface area (Å²) in [4.78, 5) is 25.6. The summed E-state index contributed by atoms with van der Waals surface area (Å²) in [7, 11) is -3.79. The lowest BCUT2D eigenvalue weighted by Gasteiger charge is -2.20. The predicted octanol–water partition coefficient (Wildman–Crippen LogP) is 3.18. The minimum atomic E-state index is -3.79. The molecule has 2 N–H and O–H groups in total. The molecule has 0 atom stereocenters. The first kappa shape index (κ1) is 24.4. The number of aryl methyl sites for hydroxylation is 1. The van der Waals surface area contributed by atoms with E-state index in [2.05, 4.69) is 15.1 Å². The first-order chi connectivity index (χ1) is 16.4. The van der Waals surface area contributed by atoms with Crippen molar-refractivity contribution in [3.63, 3.8) is 0 Å². The fourth-order valence-corrected chi connectivity index (χ4v) is 5.11. The van der Waals surface area contributed by atoms with Gasteiger partial charge in [0.1, 0.15) is 0 Å². The number of hydrogen-bond donors (Lipinski definition) is 2. The molecule has 0 spiro atoms. The van der Waals surface area contributed by atoms with Gasteiger partial charge in [0.15, 0.2) is 5.65 Å². The van der Waals surface area contributed by atoms with E-state index in [9.17, 15) is 18.0 Å². The summed E-state index contributed by atoms with van der Waals surface area (Å²) in [5.74, 6) is -0.433. The van der Waals surface area contributed by atoms with E-state index in [1.54, 1.807) is 70.3 Å². The predicted molar refractivity (Wildman–Crippen MR) is 134 cm³/mol. The summed E-state index contributed by atoms with van der Waals surface area (Å²) < 4.78 is 30.9. The van der Waals surface area contributed by atoms with Crippen LogP contribution in [0.2, 0.25) is 0 Å². The van der Waals surface area contributed by atoms with Gasteiger partial charge in [-0.2, -0.15) is 0 Å². The molecule has 0 bridgehead atoms. The van der Waals surface area contributed by atoms with Crippen LogP contribution in [0.5, 0.6) is 0 Å². The molecule has 0 radical (unpaired) electrons. The van der Waals surface area contributed by atoms with Crippen LogP contribution in [-0.2, 0) is 16.6 Å². The van der Waals surface area contributed by atoms with E-state index >= 15 is 0 Å². The maximum Gasteiger partial charge on any atom is 0.350 e. The number of pyridine rings is 1. The lowest BCUT2D eigenvalue weighted by Crippen LogP contribution is -2.40. The molecule has 2 aromatic heterocycles. The Labute approximate surface area is 203 Å². The zero-order valence-corrected chi connectivity index (χ0v) is 20.8. The van der Waals surface area contributed by atoms with E-state index in [1.807, 2.05) is 12.1 Å². The third-order valence-electron chi connectivity index (χ3n) is 5.21. The van der Waals surface area contributed by atoms with Gasteiger partial charge in [-0.3, -0.25) is 9.20 Å². The number of nitrogens with zero attached hydrogens (tertiary/aromatic N) is 3. The molecular formula is C25H27N5O4S. The first-order valence-corrected chi connectivity index (χ1v) is 12.5. The smallest absolute Gasteiger partial charge is 0.322 e. The second-order valence-electron chi connectivity index (χ2n) is 9.36. The molecule has 0 unspecified atom stereocenters. The van der Waals surface area contributed by atoms with Gasteiger partial charge in [-0.15, -0.1) is 5.10 Å².